The average Bonchev–Trinajstić information content (AvgIpc) is 3.08. The molecular formula is C30H39BO4. The highest BCUT2D eigenvalue weighted by Crippen LogP contribution is 2.49. The number of rotatable bonds is 8. The summed E-state index contributed by atoms with van der Waals surface area (Å²) >= 11 is 0. The van der Waals surface area contributed by atoms with Crippen LogP contribution in [0.1, 0.15) is 77.8 Å². The molecule has 1 fully saturated rings. The number of hydrogen-bond acceptors (Lipinski definition) is 4. The average molecular weight is 474 g/mol. The molecule has 0 N–H and O–H groups in total. The molecule has 2 aromatic rings. The van der Waals surface area contributed by atoms with E-state index < -0.39 is 0 Å². The van der Waals surface area contributed by atoms with Crippen molar-refractivity contribution in [2.75, 3.05) is 6.61 Å². The van der Waals surface area contributed by atoms with Gasteiger partial charge in [-0.2, -0.15) is 0 Å². The lowest BCUT2D eigenvalue weighted by molar-refractivity contribution is -0.143. The van der Waals surface area contributed by atoms with E-state index in [0.29, 0.717) is 19.4 Å². The van der Waals surface area contributed by atoms with Gasteiger partial charge in [-0.3, -0.25) is 4.79 Å². The minimum Gasteiger partial charge on any atom is -0.466 e. The molecular weight excluding hydrogens is 435 g/mol. The lowest BCUT2D eigenvalue weighted by Gasteiger charge is -2.43. The van der Waals surface area contributed by atoms with Gasteiger partial charge in [-0.25, -0.2) is 0 Å². The van der Waals surface area contributed by atoms with Gasteiger partial charge in [0.2, 0.25) is 0 Å². The Hall–Kier alpha value is -2.37. The number of hydrogen-bond donors (Lipinski definition) is 0. The third kappa shape index (κ3) is 5.12. The number of esters is 1. The fourth-order valence-corrected chi connectivity index (χ4v) is 5.60. The van der Waals surface area contributed by atoms with Crippen LogP contribution in [-0.4, -0.2) is 30.9 Å². The summed E-state index contributed by atoms with van der Waals surface area (Å²) in [7, 11) is -0.336. The van der Waals surface area contributed by atoms with Gasteiger partial charge in [-0.1, -0.05) is 66.7 Å². The van der Waals surface area contributed by atoms with E-state index in [1.807, 2.05) is 6.92 Å². The number of carbonyl (C=O) groups is 1. The summed E-state index contributed by atoms with van der Waals surface area (Å²) in [5.41, 5.74) is 2.58. The van der Waals surface area contributed by atoms with Crippen LogP contribution in [0.2, 0.25) is 0 Å². The van der Waals surface area contributed by atoms with Gasteiger partial charge < -0.3 is 14.0 Å². The molecule has 4 nitrogen and oxygen atoms in total. The predicted octanol–water partition coefficient (Wildman–Crippen LogP) is 6.67. The highest BCUT2D eigenvalue weighted by molar-refractivity contribution is 6.54. The Bertz CT molecular complexity index is 973. The number of benzene rings is 2. The molecule has 0 bridgehead atoms. The van der Waals surface area contributed by atoms with Crippen molar-refractivity contribution in [3.8, 4) is 0 Å². The van der Waals surface area contributed by atoms with E-state index in [9.17, 15) is 4.79 Å². The molecule has 2 aromatic carbocycles. The minimum atomic E-state index is -0.370. The zero-order valence-corrected chi connectivity index (χ0v) is 21.9. The Balaban J connectivity index is 1.79. The first kappa shape index (κ1) is 25.7. The topological polar surface area (TPSA) is 44.8 Å². The Kier molecular flexibility index (Phi) is 7.58. The number of allylic oxidation sites excluding steroid dienone is 2. The molecule has 0 spiro atoms. The molecule has 0 aromatic heterocycles. The second-order valence-electron chi connectivity index (χ2n) is 10.8. The van der Waals surface area contributed by atoms with E-state index >= 15 is 0 Å². The SMILES string of the molecule is CCOC(=O)CCC(c1ccccc1)(c1ccccc1)[C@@H]1C=C(B2OC(C)(C)C(C)(C)O2)CCC1. The first-order valence-electron chi connectivity index (χ1n) is 13.0. The Morgan fingerprint density at radius 3 is 2.03 bits per heavy atom. The molecule has 1 aliphatic carbocycles. The van der Waals surface area contributed by atoms with E-state index in [1.54, 1.807) is 0 Å². The second-order valence-corrected chi connectivity index (χ2v) is 10.8. The van der Waals surface area contributed by atoms with Crippen molar-refractivity contribution < 1.29 is 18.8 Å². The van der Waals surface area contributed by atoms with E-state index in [0.717, 1.165) is 19.3 Å². The standard InChI is InChI=1S/C30H39BO4/c1-6-33-27(32)20-21-30(23-14-9-7-10-15-23,24-16-11-8-12-17-24)25-18-13-19-26(22-25)31-34-28(2,3)29(4,5)35-31/h7-12,14-17,22,25H,6,13,18-21H2,1-5H3/t25-/m0/s1. The molecule has 5 heteroatoms. The molecule has 2 aliphatic rings. The van der Waals surface area contributed by atoms with Crippen LogP contribution in [0, 0.1) is 5.92 Å². The van der Waals surface area contributed by atoms with Crippen molar-refractivity contribution in [2.45, 2.75) is 83.3 Å². The van der Waals surface area contributed by atoms with Crippen molar-refractivity contribution in [1.82, 2.24) is 0 Å². The summed E-state index contributed by atoms with van der Waals surface area (Å²) in [5.74, 6) is 0.0548. The molecule has 1 atom stereocenters. The Morgan fingerprint density at radius 1 is 0.971 bits per heavy atom. The lowest BCUT2D eigenvalue weighted by Crippen LogP contribution is -2.41. The molecule has 0 unspecified atom stereocenters. The predicted molar refractivity (Wildman–Crippen MR) is 141 cm³/mol. The lowest BCUT2D eigenvalue weighted by atomic mass is 9.58. The van der Waals surface area contributed by atoms with Gasteiger partial charge in [0, 0.05) is 11.8 Å². The van der Waals surface area contributed by atoms with Crippen molar-refractivity contribution in [3.63, 3.8) is 0 Å². The van der Waals surface area contributed by atoms with E-state index in [1.165, 1.54) is 16.6 Å². The van der Waals surface area contributed by atoms with Crippen LogP contribution in [0.4, 0.5) is 0 Å². The van der Waals surface area contributed by atoms with Crippen LogP contribution < -0.4 is 0 Å². The normalized spacial score (nSPS) is 21.5. The van der Waals surface area contributed by atoms with Crippen LogP contribution in [0.5, 0.6) is 0 Å². The molecule has 0 radical (unpaired) electrons. The van der Waals surface area contributed by atoms with Gasteiger partial charge in [-0.15, -0.1) is 0 Å². The van der Waals surface area contributed by atoms with Gasteiger partial charge in [0.05, 0.1) is 17.8 Å². The molecule has 186 valence electrons. The minimum absolute atomic E-state index is 0.144. The van der Waals surface area contributed by atoms with Crippen molar-refractivity contribution in [1.29, 1.82) is 0 Å². The maximum atomic E-state index is 12.6. The quantitative estimate of drug-likeness (QED) is 0.317. The summed E-state index contributed by atoms with van der Waals surface area (Å²) in [5, 5.41) is 0. The highest BCUT2D eigenvalue weighted by atomic mass is 16.7. The smallest absolute Gasteiger partial charge is 0.466 e. The second kappa shape index (κ2) is 10.3. The molecule has 1 aliphatic heterocycles. The monoisotopic (exact) mass is 474 g/mol. The third-order valence-corrected chi connectivity index (χ3v) is 8.19. The van der Waals surface area contributed by atoms with Crippen LogP contribution >= 0.6 is 0 Å². The molecule has 1 saturated heterocycles. The zero-order valence-electron chi connectivity index (χ0n) is 21.9. The molecule has 0 amide bonds. The summed E-state index contributed by atoms with van der Waals surface area (Å²) in [6.45, 7) is 10.7. The largest absolute Gasteiger partial charge is 0.490 e. The van der Waals surface area contributed by atoms with Crippen molar-refractivity contribution in [3.05, 3.63) is 83.3 Å². The Labute approximate surface area is 211 Å². The van der Waals surface area contributed by atoms with Crippen LogP contribution in [0.15, 0.2) is 72.2 Å². The van der Waals surface area contributed by atoms with Gasteiger partial charge >= 0.3 is 13.1 Å². The molecule has 35 heavy (non-hydrogen) atoms. The maximum absolute atomic E-state index is 12.6. The number of carbonyl (C=O) groups excluding carboxylic acids is 1. The van der Waals surface area contributed by atoms with Crippen LogP contribution in [-0.2, 0) is 24.3 Å². The van der Waals surface area contributed by atoms with Crippen molar-refractivity contribution >= 4 is 13.1 Å². The summed E-state index contributed by atoms with van der Waals surface area (Å²) in [4.78, 5) is 12.6. The summed E-state index contributed by atoms with van der Waals surface area (Å²) in [6, 6.07) is 21.3. The Morgan fingerprint density at radius 2 is 1.51 bits per heavy atom. The van der Waals surface area contributed by atoms with E-state index in [2.05, 4.69) is 94.4 Å². The maximum Gasteiger partial charge on any atom is 0.490 e. The number of ether oxygens (including phenoxy) is 1. The summed E-state index contributed by atoms with van der Waals surface area (Å²) < 4.78 is 18.2. The molecule has 0 saturated carbocycles. The van der Waals surface area contributed by atoms with Gasteiger partial charge in [0.1, 0.15) is 0 Å². The van der Waals surface area contributed by atoms with Crippen LogP contribution in [0.25, 0.3) is 0 Å². The highest BCUT2D eigenvalue weighted by Gasteiger charge is 2.53. The third-order valence-electron chi connectivity index (χ3n) is 8.19. The first-order valence-corrected chi connectivity index (χ1v) is 13.0. The zero-order chi connectivity index (χ0) is 25.1. The van der Waals surface area contributed by atoms with Crippen molar-refractivity contribution in [2.24, 2.45) is 5.92 Å². The fraction of sp³-hybridized carbons (Fsp3) is 0.500. The summed E-state index contributed by atoms with van der Waals surface area (Å²) in [6.07, 6.45) is 6.50. The van der Waals surface area contributed by atoms with E-state index in [4.69, 9.17) is 14.0 Å². The van der Waals surface area contributed by atoms with E-state index in [-0.39, 0.29) is 35.6 Å². The molecule has 4 rings (SSSR count). The van der Waals surface area contributed by atoms with Gasteiger partial charge in [0.25, 0.3) is 0 Å². The molecule has 1 heterocycles. The van der Waals surface area contributed by atoms with Gasteiger partial charge in [0.15, 0.2) is 0 Å². The first-order chi connectivity index (χ1) is 16.7. The van der Waals surface area contributed by atoms with Crippen LogP contribution in [0.3, 0.4) is 0 Å². The van der Waals surface area contributed by atoms with Gasteiger partial charge in [-0.05, 0) is 82.8 Å². The fourth-order valence-electron chi connectivity index (χ4n) is 5.60.